The lowest BCUT2D eigenvalue weighted by Gasteiger charge is -2.32. The van der Waals surface area contributed by atoms with Gasteiger partial charge in [0.2, 0.25) is 0 Å². The van der Waals surface area contributed by atoms with Crippen LogP contribution in [0, 0.1) is 20.7 Å². The van der Waals surface area contributed by atoms with E-state index in [1.807, 2.05) is 28.7 Å². The molecule has 0 radical (unpaired) electrons. The number of rotatable bonds is 1. The van der Waals surface area contributed by atoms with Crippen molar-refractivity contribution in [2.75, 3.05) is 5.32 Å². The van der Waals surface area contributed by atoms with Crippen molar-refractivity contribution in [2.45, 2.75) is 19.4 Å². The maximum absolute atomic E-state index is 14.7. The van der Waals surface area contributed by atoms with Crippen molar-refractivity contribution in [3.8, 4) is 23.1 Å². The number of nitrogens with zero attached hydrogens (tertiary/aromatic N) is 3. The zero-order valence-electron chi connectivity index (χ0n) is 12.6. The predicted molar refractivity (Wildman–Crippen MR) is 89.4 cm³/mol. The first-order valence-corrected chi connectivity index (χ1v) is 7.79. The van der Waals surface area contributed by atoms with Gasteiger partial charge in [-0.05, 0) is 36.4 Å². The minimum Gasteiger partial charge on any atom is -0.474 e. The summed E-state index contributed by atoms with van der Waals surface area (Å²) in [6.45, 7) is 3.17. The topological polar surface area (TPSA) is 79.9 Å². The smallest absolute Gasteiger partial charge is 0.268 e. The van der Waals surface area contributed by atoms with Crippen LogP contribution in [0.1, 0.15) is 19.4 Å². The third kappa shape index (κ3) is 2.35. The molecule has 8 heteroatoms. The Labute approximate surface area is 145 Å². The predicted octanol–water partition coefficient (Wildman–Crippen LogP) is 2.81. The van der Waals surface area contributed by atoms with Gasteiger partial charge in [0.1, 0.15) is 17.4 Å². The fraction of sp³-hybridized carbons (Fsp3) is 0.267. The number of halogens is 2. The van der Waals surface area contributed by atoms with Crippen LogP contribution < -0.4 is 10.1 Å². The first-order chi connectivity index (χ1) is 10.8. The number of benzene rings is 1. The van der Waals surface area contributed by atoms with Crippen LogP contribution in [0.5, 0.6) is 5.75 Å². The summed E-state index contributed by atoms with van der Waals surface area (Å²) in [5.41, 5.74) is -0.352. The molecule has 1 aliphatic heterocycles. The summed E-state index contributed by atoms with van der Waals surface area (Å²) < 4.78 is 22.6. The van der Waals surface area contributed by atoms with Gasteiger partial charge in [-0.3, -0.25) is 9.48 Å². The molecular formula is C15H12FIN4O2. The highest BCUT2D eigenvalue weighted by Crippen LogP contribution is 2.43. The van der Waals surface area contributed by atoms with Gasteiger partial charge in [0.15, 0.2) is 11.4 Å². The number of carbonyl (C=O) groups excluding carboxylic acids is 1. The van der Waals surface area contributed by atoms with E-state index in [4.69, 9.17) is 4.74 Å². The molecule has 0 spiro atoms. The van der Waals surface area contributed by atoms with E-state index in [1.165, 1.54) is 10.7 Å². The van der Waals surface area contributed by atoms with Crippen molar-refractivity contribution in [2.24, 2.45) is 7.05 Å². The number of nitrogens with one attached hydrogen (secondary N) is 1. The van der Waals surface area contributed by atoms with Crippen molar-refractivity contribution < 1.29 is 13.9 Å². The van der Waals surface area contributed by atoms with Gasteiger partial charge in [-0.15, -0.1) is 0 Å². The van der Waals surface area contributed by atoms with Crippen LogP contribution in [0.2, 0.25) is 0 Å². The lowest BCUT2D eigenvalue weighted by atomic mass is 9.98. The molecule has 2 heterocycles. The van der Waals surface area contributed by atoms with Crippen LogP contribution in [0.15, 0.2) is 12.3 Å². The molecular weight excluding hydrogens is 414 g/mol. The Balaban J connectivity index is 2.33. The summed E-state index contributed by atoms with van der Waals surface area (Å²) in [5, 5.41) is 16.2. The molecule has 1 aliphatic rings. The molecule has 1 aromatic heterocycles. The van der Waals surface area contributed by atoms with Crippen LogP contribution in [-0.4, -0.2) is 21.3 Å². The number of fused-ring (bicyclic) bond motifs is 1. The Morgan fingerprint density at radius 2 is 2.22 bits per heavy atom. The van der Waals surface area contributed by atoms with Crippen LogP contribution >= 0.6 is 22.6 Å². The summed E-state index contributed by atoms with van der Waals surface area (Å²) >= 11 is 2.03. The SMILES string of the molecule is Cn1ncc(I)c1-c1c(F)cc2c(c1C#N)OC(C)(C)C(=O)N2. The lowest BCUT2D eigenvalue weighted by molar-refractivity contribution is -0.129. The van der Waals surface area contributed by atoms with Crippen LogP contribution in [0.3, 0.4) is 0 Å². The number of aryl methyl sites for hydroxylation is 1. The Hall–Kier alpha value is -2.15. The second-order valence-electron chi connectivity index (χ2n) is 5.63. The highest BCUT2D eigenvalue weighted by molar-refractivity contribution is 14.1. The second-order valence-corrected chi connectivity index (χ2v) is 6.79. The summed E-state index contributed by atoms with van der Waals surface area (Å²) in [6, 6.07) is 3.17. The van der Waals surface area contributed by atoms with Gasteiger partial charge < -0.3 is 10.1 Å². The summed E-state index contributed by atoms with van der Waals surface area (Å²) in [4.78, 5) is 12.0. The summed E-state index contributed by atoms with van der Waals surface area (Å²) in [6.07, 6.45) is 1.59. The highest BCUT2D eigenvalue weighted by Gasteiger charge is 2.38. The van der Waals surface area contributed by atoms with Gasteiger partial charge in [0.05, 0.1) is 26.7 Å². The van der Waals surface area contributed by atoms with Crippen LogP contribution in [0.4, 0.5) is 10.1 Å². The van der Waals surface area contributed by atoms with Gasteiger partial charge in [-0.25, -0.2) is 4.39 Å². The number of aromatic nitrogens is 2. The second kappa shape index (κ2) is 5.19. The van der Waals surface area contributed by atoms with Crippen molar-refractivity contribution >= 4 is 34.2 Å². The molecule has 0 saturated heterocycles. The molecule has 0 aliphatic carbocycles. The first-order valence-electron chi connectivity index (χ1n) is 6.71. The molecule has 0 bridgehead atoms. The minimum absolute atomic E-state index is 0.0367. The molecule has 6 nitrogen and oxygen atoms in total. The standard InChI is InChI=1S/C15H12FIN4O2/c1-15(2)14(22)20-10-4-8(16)11(7(5-18)13(10)23-15)12-9(17)6-19-21(12)3/h4,6H,1-3H3,(H,20,22). The van der Waals surface area contributed by atoms with E-state index < -0.39 is 17.3 Å². The quantitative estimate of drug-likeness (QED) is 0.712. The third-order valence-corrected chi connectivity index (χ3v) is 4.42. The molecule has 2 aromatic rings. The third-order valence-electron chi connectivity index (χ3n) is 3.63. The van der Waals surface area contributed by atoms with Gasteiger partial charge >= 0.3 is 0 Å². The first kappa shape index (κ1) is 15.7. The molecule has 1 N–H and O–H groups in total. The average molecular weight is 426 g/mol. The number of carbonyl (C=O) groups is 1. The van der Waals surface area contributed by atoms with Gasteiger partial charge in [0, 0.05) is 13.1 Å². The van der Waals surface area contributed by atoms with E-state index in [2.05, 4.69) is 10.4 Å². The number of nitriles is 1. The van der Waals surface area contributed by atoms with Crippen molar-refractivity contribution in [3.63, 3.8) is 0 Å². The molecule has 0 fully saturated rings. The Bertz CT molecular complexity index is 863. The van der Waals surface area contributed by atoms with E-state index in [0.29, 0.717) is 9.26 Å². The monoisotopic (exact) mass is 426 g/mol. The Morgan fingerprint density at radius 3 is 2.78 bits per heavy atom. The molecule has 1 amide bonds. The van der Waals surface area contributed by atoms with E-state index in [0.717, 1.165) is 0 Å². The van der Waals surface area contributed by atoms with Crippen molar-refractivity contribution in [1.29, 1.82) is 5.26 Å². The maximum atomic E-state index is 14.7. The summed E-state index contributed by atoms with van der Waals surface area (Å²) in [7, 11) is 1.67. The maximum Gasteiger partial charge on any atom is 0.268 e. The molecule has 0 unspecified atom stereocenters. The molecule has 118 valence electrons. The number of anilines is 1. The van der Waals surface area contributed by atoms with Gasteiger partial charge in [-0.1, -0.05) is 0 Å². The largest absolute Gasteiger partial charge is 0.474 e. The molecule has 1 aromatic carbocycles. The van der Waals surface area contributed by atoms with Gasteiger partial charge in [-0.2, -0.15) is 10.4 Å². The van der Waals surface area contributed by atoms with E-state index in [9.17, 15) is 14.4 Å². The lowest BCUT2D eigenvalue weighted by Crippen LogP contribution is -2.46. The average Bonchev–Trinajstić information content (AvgIpc) is 2.79. The zero-order valence-corrected chi connectivity index (χ0v) is 14.7. The minimum atomic E-state index is -1.15. The Morgan fingerprint density at radius 1 is 1.52 bits per heavy atom. The Kier molecular flexibility index (Phi) is 3.55. The van der Waals surface area contributed by atoms with Crippen LogP contribution in [0.25, 0.3) is 11.3 Å². The molecule has 0 atom stereocenters. The zero-order chi connectivity index (χ0) is 16.9. The van der Waals surface area contributed by atoms with E-state index in [1.54, 1.807) is 27.1 Å². The van der Waals surface area contributed by atoms with E-state index in [-0.39, 0.29) is 22.6 Å². The number of hydrogen-bond acceptors (Lipinski definition) is 4. The normalized spacial score (nSPS) is 15.4. The fourth-order valence-corrected chi connectivity index (χ4v) is 3.18. The number of ether oxygens (including phenoxy) is 1. The summed E-state index contributed by atoms with van der Waals surface area (Å²) in [5.74, 6) is -0.841. The fourth-order valence-electron chi connectivity index (χ4n) is 2.44. The molecule has 0 saturated carbocycles. The number of amides is 1. The molecule has 3 rings (SSSR count). The highest BCUT2D eigenvalue weighted by atomic mass is 127. The van der Waals surface area contributed by atoms with Crippen molar-refractivity contribution in [1.82, 2.24) is 9.78 Å². The van der Waals surface area contributed by atoms with Crippen molar-refractivity contribution in [3.05, 3.63) is 27.2 Å². The van der Waals surface area contributed by atoms with Gasteiger partial charge in [0.25, 0.3) is 5.91 Å². The van der Waals surface area contributed by atoms with Crippen LogP contribution in [-0.2, 0) is 11.8 Å². The number of hydrogen-bond donors (Lipinski definition) is 1. The molecule has 23 heavy (non-hydrogen) atoms. The van der Waals surface area contributed by atoms with E-state index >= 15 is 0 Å².